The van der Waals surface area contributed by atoms with E-state index in [0.717, 1.165) is 19.3 Å². The minimum atomic E-state index is -0.541. The van der Waals surface area contributed by atoms with Crippen molar-refractivity contribution in [3.8, 4) is 0 Å². The van der Waals surface area contributed by atoms with Gasteiger partial charge in [0.15, 0.2) is 0 Å². The maximum Gasteiger partial charge on any atom is 0.0902 e. The smallest absolute Gasteiger partial charge is 0.0902 e. The van der Waals surface area contributed by atoms with Gasteiger partial charge in [0, 0.05) is 0 Å². The lowest BCUT2D eigenvalue weighted by molar-refractivity contribution is 0.0340. The van der Waals surface area contributed by atoms with Crippen LogP contribution < -0.4 is 0 Å². The summed E-state index contributed by atoms with van der Waals surface area (Å²) < 4.78 is 0. The van der Waals surface area contributed by atoms with E-state index in [9.17, 15) is 5.11 Å². The van der Waals surface area contributed by atoms with Gasteiger partial charge in [-0.1, -0.05) is 25.1 Å². The highest BCUT2D eigenvalue weighted by atomic mass is 16.3. The first kappa shape index (κ1) is 8.76. The molecule has 0 amide bonds. The SMILES string of the molecule is CCC1(O)CCc2cccc(C)c21. The van der Waals surface area contributed by atoms with Gasteiger partial charge < -0.3 is 5.11 Å². The Morgan fingerprint density at radius 1 is 1.46 bits per heavy atom. The molecule has 0 bridgehead atoms. The number of hydrogen-bond acceptors (Lipinski definition) is 1. The van der Waals surface area contributed by atoms with Crippen molar-refractivity contribution < 1.29 is 5.11 Å². The van der Waals surface area contributed by atoms with Gasteiger partial charge in [-0.2, -0.15) is 0 Å². The highest BCUT2D eigenvalue weighted by molar-refractivity contribution is 5.42. The lowest BCUT2D eigenvalue weighted by Gasteiger charge is -2.23. The molecule has 0 aliphatic heterocycles. The largest absolute Gasteiger partial charge is 0.385 e. The Balaban J connectivity index is 2.58. The number of aliphatic hydroxyl groups is 1. The summed E-state index contributed by atoms with van der Waals surface area (Å²) in [4.78, 5) is 0. The van der Waals surface area contributed by atoms with E-state index in [4.69, 9.17) is 0 Å². The van der Waals surface area contributed by atoms with Crippen molar-refractivity contribution in [2.45, 2.75) is 38.7 Å². The molecule has 0 saturated heterocycles. The maximum absolute atomic E-state index is 10.3. The molecule has 1 unspecified atom stereocenters. The van der Waals surface area contributed by atoms with Gasteiger partial charge in [0.1, 0.15) is 0 Å². The molecule has 1 nitrogen and oxygen atoms in total. The van der Waals surface area contributed by atoms with Crippen molar-refractivity contribution in [1.29, 1.82) is 0 Å². The molecule has 1 heteroatoms. The van der Waals surface area contributed by atoms with Gasteiger partial charge in [0.25, 0.3) is 0 Å². The third-order valence-electron chi connectivity index (χ3n) is 3.22. The highest BCUT2D eigenvalue weighted by Gasteiger charge is 2.35. The lowest BCUT2D eigenvalue weighted by atomic mass is 9.90. The molecular formula is C12H16O. The van der Waals surface area contributed by atoms with Crippen molar-refractivity contribution in [1.82, 2.24) is 0 Å². The van der Waals surface area contributed by atoms with Crippen molar-refractivity contribution >= 4 is 0 Å². The van der Waals surface area contributed by atoms with Crippen LogP contribution in [0.5, 0.6) is 0 Å². The molecule has 0 aromatic heterocycles. The minimum absolute atomic E-state index is 0.541. The van der Waals surface area contributed by atoms with Crippen molar-refractivity contribution in [2.24, 2.45) is 0 Å². The first-order chi connectivity index (χ1) is 6.17. The summed E-state index contributed by atoms with van der Waals surface area (Å²) in [6.07, 6.45) is 2.75. The average Bonchev–Trinajstić information content (AvgIpc) is 2.47. The summed E-state index contributed by atoms with van der Waals surface area (Å²) in [7, 11) is 0. The number of aryl methyl sites for hydroxylation is 2. The topological polar surface area (TPSA) is 20.2 Å². The van der Waals surface area contributed by atoms with Crippen molar-refractivity contribution in [2.75, 3.05) is 0 Å². The standard InChI is InChI=1S/C12H16O/c1-3-12(13)8-7-10-6-4-5-9(2)11(10)12/h4-6,13H,3,7-8H2,1-2H3. The fourth-order valence-electron chi connectivity index (χ4n) is 2.42. The number of fused-ring (bicyclic) bond motifs is 1. The fourth-order valence-corrected chi connectivity index (χ4v) is 2.42. The second-order valence-corrected chi connectivity index (χ2v) is 3.99. The molecule has 0 radical (unpaired) electrons. The van der Waals surface area contributed by atoms with Crippen LogP contribution in [0.3, 0.4) is 0 Å². The van der Waals surface area contributed by atoms with E-state index in [-0.39, 0.29) is 0 Å². The number of benzene rings is 1. The van der Waals surface area contributed by atoms with Crippen LogP contribution in [-0.2, 0) is 12.0 Å². The average molecular weight is 176 g/mol. The predicted octanol–water partition coefficient (Wildman–Crippen LogP) is 2.54. The summed E-state index contributed by atoms with van der Waals surface area (Å²) >= 11 is 0. The molecule has 0 fully saturated rings. The Hall–Kier alpha value is -0.820. The zero-order chi connectivity index (χ0) is 9.47. The third-order valence-corrected chi connectivity index (χ3v) is 3.22. The zero-order valence-electron chi connectivity index (χ0n) is 8.30. The Morgan fingerprint density at radius 3 is 2.92 bits per heavy atom. The first-order valence-electron chi connectivity index (χ1n) is 4.99. The highest BCUT2D eigenvalue weighted by Crippen LogP contribution is 2.40. The molecule has 0 saturated carbocycles. The van der Waals surface area contributed by atoms with Gasteiger partial charge >= 0.3 is 0 Å². The molecule has 1 aliphatic carbocycles. The van der Waals surface area contributed by atoms with E-state index in [0.29, 0.717) is 0 Å². The fraction of sp³-hybridized carbons (Fsp3) is 0.500. The third kappa shape index (κ3) is 1.19. The molecule has 1 aromatic carbocycles. The molecule has 1 aliphatic rings. The molecule has 0 spiro atoms. The van der Waals surface area contributed by atoms with E-state index in [1.54, 1.807) is 0 Å². The summed E-state index contributed by atoms with van der Waals surface area (Å²) in [5.41, 5.74) is 3.22. The van der Waals surface area contributed by atoms with Crippen LogP contribution >= 0.6 is 0 Å². The quantitative estimate of drug-likeness (QED) is 0.697. The molecule has 0 heterocycles. The Morgan fingerprint density at radius 2 is 2.23 bits per heavy atom. The zero-order valence-corrected chi connectivity index (χ0v) is 8.30. The second kappa shape index (κ2) is 2.85. The Bertz CT molecular complexity index is 330. The number of rotatable bonds is 1. The molecule has 1 atom stereocenters. The summed E-state index contributed by atoms with van der Waals surface area (Å²) in [5, 5.41) is 10.3. The molecule has 70 valence electrons. The molecular weight excluding hydrogens is 160 g/mol. The van der Waals surface area contributed by atoms with E-state index in [1.807, 2.05) is 0 Å². The monoisotopic (exact) mass is 176 g/mol. The van der Waals surface area contributed by atoms with Crippen LogP contribution in [0.4, 0.5) is 0 Å². The van der Waals surface area contributed by atoms with Gasteiger partial charge in [-0.3, -0.25) is 0 Å². The number of hydrogen-bond donors (Lipinski definition) is 1. The predicted molar refractivity (Wildman–Crippen MR) is 53.7 cm³/mol. The Kier molecular flexibility index (Phi) is 1.92. The van der Waals surface area contributed by atoms with Crippen LogP contribution in [0.1, 0.15) is 36.5 Å². The first-order valence-corrected chi connectivity index (χ1v) is 4.99. The van der Waals surface area contributed by atoms with E-state index in [1.165, 1.54) is 16.7 Å². The second-order valence-electron chi connectivity index (χ2n) is 3.99. The Labute approximate surface area is 79.4 Å². The molecule has 1 aromatic rings. The molecule has 1 N–H and O–H groups in total. The summed E-state index contributed by atoms with van der Waals surface area (Å²) in [6, 6.07) is 6.30. The van der Waals surface area contributed by atoms with E-state index in [2.05, 4.69) is 32.0 Å². The van der Waals surface area contributed by atoms with Crippen LogP contribution in [0.2, 0.25) is 0 Å². The maximum atomic E-state index is 10.3. The van der Waals surface area contributed by atoms with Gasteiger partial charge in [-0.15, -0.1) is 0 Å². The van der Waals surface area contributed by atoms with Gasteiger partial charge in [-0.25, -0.2) is 0 Å². The van der Waals surface area contributed by atoms with Crippen LogP contribution in [-0.4, -0.2) is 5.11 Å². The lowest BCUT2D eigenvalue weighted by Crippen LogP contribution is -2.21. The normalized spacial score (nSPS) is 26.1. The van der Waals surface area contributed by atoms with Crippen molar-refractivity contribution in [3.05, 3.63) is 34.9 Å². The summed E-state index contributed by atoms with van der Waals surface area (Å²) in [5.74, 6) is 0. The molecule has 2 rings (SSSR count). The van der Waals surface area contributed by atoms with Crippen LogP contribution in [0.25, 0.3) is 0 Å². The summed E-state index contributed by atoms with van der Waals surface area (Å²) in [6.45, 7) is 4.15. The van der Waals surface area contributed by atoms with E-state index >= 15 is 0 Å². The van der Waals surface area contributed by atoms with Gasteiger partial charge in [0.2, 0.25) is 0 Å². The minimum Gasteiger partial charge on any atom is -0.385 e. The van der Waals surface area contributed by atoms with Crippen LogP contribution in [0.15, 0.2) is 18.2 Å². The van der Waals surface area contributed by atoms with Gasteiger partial charge in [-0.05, 0) is 42.9 Å². The van der Waals surface area contributed by atoms with Crippen molar-refractivity contribution in [3.63, 3.8) is 0 Å². The van der Waals surface area contributed by atoms with Crippen LogP contribution in [0, 0.1) is 6.92 Å². The molecule has 13 heavy (non-hydrogen) atoms. The van der Waals surface area contributed by atoms with E-state index < -0.39 is 5.60 Å². The van der Waals surface area contributed by atoms with Gasteiger partial charge in [0.05, 0.1) is 5.60 Å².